The predicted octanol–water partition coefficient (Wildman–Crippen LogP) is 2.79. The van der Waals surface area contributed by atoms with Crippen molar-refractivity contribution in [2.45, 2.75) is 51.6 Å². The highest BCUT2D eigenvalue weighted by molar-refractivity contribution is 5.11. The van der Waals surface area contributed by atoms with Crippen LogP contribution in [0.2, 0.25) is 0 Å². The van der Waals surface area contributed by atoms with Crippen LogP contribution >= 0.6 is 0 Å². The topological polar surface area (TPSA) is 24.9 Å². The number of pyridine rings is 1. The van der Waals surface area contributed by atoms with Gasteiger partial charge in [-0.2, -0.15) is 0 Å². The maximum atomic E-state index is 4.04. The van der Waals surface area contributed by atoms with E-state index in [-0.39, 0.29) is 0 Å². The molecule has 3 unspecified atom stereocenters. The molecule has 2 heteroatoms. The van der Waals surface area contributed by atoms with Gasteiger partial charge in [-0.15, -0.1) is 0 Å². The average molecular weight is 218 g/mol. The number of hydrogen-bond donors (Lipinski definition) is 1. The van der Waals surface area contributed by atoms with E-state index in [1.165, 1.54) is 24.8 Å². The van der Waals surface area contributed by atoms with Crippen LogP contribution in [0.3, 0.4) is 0 Å². The molecule has 1 aliphatic carbocycles. The molecule has 88 valence electrons. The Morgan fingerprint density at radius 1 is 1.44 bits per heavy atom. The maximum absolute atomic E-state index is 4.04. The highest BCUT2D eigenvalue weighted by atomic mass is 15.0. The van der Waals surface area contributed by atoms with Crippen molar-refractivity contribution in [3.05, 3.63) is 30.1 Å². The molecule has 1 aliphatic rings. The summed E-state index contributed by atoms with van der Waals surface area (Å²) in [5, 5.41) is 3.72. The SMILES string of the molecule is CCCC1CC1NC(C)Cc1ccncc1. The highest BCUT2D eigenvalue weighted by Crippen LogP contribution is 2.34. The molecule has 0 aromatic carbocycles. The van der Waals surface area contributed by atoms with Gasteiger partial charge in [0, 0.05) is 24.5 Å². The molecule has 2 nitrogen and oxygen atoms in total. The van der Waals surface area contributed by atoms with Crippen LogP contribution in [0.5, 0.6) is 0 Å². The second-order valence-electron chi connectivity index (χ2n) is 5.02. The number of aromatic nitrogens is 1. The Morgan fingerprint density at radius 2 is 2.19 bits per heavy atom. The van der Waals surface area contributed by atoms with Crippen LogP contribution in [-0.2, 0) is 6.42 Å². The summed E-state index contributed by atoms with van der Waals surface area (Å²) in [5.74, 6) is 0.949. The van der Waals surface area contributed by atoms with Gasteiger partial charge in [0.15, 0.2) is 0 Å². The molecule has 3 atom stereocenters. The fourth-order valence-electron chi connectivity index (χ4n) is 2.44. The molecule has 1 aromatic rings. The first kappa shape index (κ1) is 11.6. The zero-order chi connectivity index (χ0) is 11.4. The van der Waals surface area contributed by atoms with E-state index in [1.54, 1.807) is 0 Å². The van der Waals surface area contributed by atoms with Gasteiger partial charge >= 0.3 is 0 Å². The highest BCUT2D eigenvalue weighted by Gasteiger charge is 2.36. The predicted molar refractivity (Wildman–Crippen MR) is 67.3 cm³/mol. The molecular formula is C14H22N2. The normalized spacial score (nSPS) is 25.4. The monoisotopic (exact) mass is 218 g/mol. The first-order chi connectivity index (χ1) is 7.79. The molecule has 0 amide bonds. The van der Waals surface area contributed by atoms with Crippen molar-refractivity contribution < 1.29 is 0 Å². The minimum atomic E-state index is 0.578. The lowest BCUT2D eigenvalue weighted by Gasteiger charge is -2.13. The molecule has 0 spiro atoms. The largest absolute Gasteiger partial charge is 0.311 e. The van der Waals surface area contributed by atoms with Crippen molar-refractivity contribution in [1.82, 2.24) is 10.3 Å². The third kappa shape index (κ3) is 3.31. The quantitative estimate of drug-likeness (QED) is 0.794. The lowest BCUT2D eigenvalue weighted by molar-refractivity contribution is 0.510. The molecule has 1 heterocycles. The summed E-state index contributed by atoms with van der Waals surface area (Å²) in [7, 11) is 0. The third-order valence-corrected chi connectivity index (χ3v) is 3.37. The minimum absolute atomic E-state index is 0.578. The Morgan fingerprint density at radius 3 is 2.88 bits per heavy atom. The Balaban J connectivity index is 1.71. The molecule has 0 saturated heterocycles. The van der Waals surface area contributed by atoms with Crippen molar-refractivity contribution in [2.24, 2.45) is 5.92 Å². The number of nitrogens with one attached hydrogen (secondary N) is 1. The van der Waals surface area contributed by atoms with Crippen molar-refractivity contribution >= 4 is 0 Å². The van der Waals surface area contributed by atoms with E-state index in [0.29, 0.717) is 6.04 Å². The first-order valence-corrected chi connectivity index (χ1v) is 6.44. The lowest BCUT2D eigenvalue weighted by Crippen LogP contribution is -2.31. The zero-order valence-electron chi connectivity index (χ0n) is 10.3. The van der Waals surface area contributed by atoms with Gasteiger partial charge in [-0.25, -0.2) is 0 Å². The van der Waals surface area contributed by atoms with E-state index in [0.717, 1.165) is 18.4 Å². The Hall–Kier alpha value is -0.890. The van der Waals surface area contributed by atoms with Crippen molar-refractivity contribution in [1.29, 1.82) is 0 Å². The first-order valence-electron chi connectivity index (χ1n) is 6.44. The summed E-state index contributed by atoms with van der Waals surface area (Å²) in [6.07, 6.45) is 8.95. The van der Waals surface area contributed by atoms with Crippen LogP contribution in [0.25, 0.3) is 0 Å². The van der Waals surface area contributed by atoms with Gasteiger partial charge in [-0.3, -0.25) is 4.98 Å². The van der Waals surface area contributed by atoms with Crippen LogP contribution < -0.4 is 5.32 Å². The number of hydrogen-bond acceptors (Lipinski definition) is 2. The Kier molecular flexibility index (Phi) is 3.94. The average Bonchev–Trinajstić information content (AvgIpc) is 2.98. The summed E-state index contributed by atoms with van der Waals surface area (Å²) in [6, 6.07) is 5.58. The van der Waals surface area contributed by atoms with Gasteiger partial charge in [-0.1, -0.05) is 13.3 Å². The summed E-state index contributed by atoms with van der Waals surface area (Å²) >= 11 is 0. The summed E-state index contributed by atoms with van der Waals surface area (Å²) in [4.78, 5) is 4.04. The van der Waals surface area contributed by atoms with Crippen LogP contribution in [0.15, 0.2) is 24.5 Å². The smallest absolute Gasteiger partial charge is 0.0270 e. The molecule has 0 aliphatic heterocycles. The van der Waals surface area contributed by atoms with Crippen molar-refractivity contribution in [3.63, 3.8) is 0 Å². The van der Waals surface area contributed by atoms with Crippen molar-refractivity contribution in [2.75, 3.05) is 0 Å². The maximum Gasteiger partial charge on any atom is 0.0270 e. The van der Waals surface area contributed by atoms with Crippen molar-refractivity contribution in [3.8, 4) is 0 Å². The van der Waals surface area contributed by atoms with Gasteiger partial charge in [0.05, 0.1) is 0 Å². The van der Waals surface area contributed by atoms with Crippen LogP contribution in [0, 0.1) is 5.92 Å². The van der Waals surface area contributed by atoms with E-state index < -0.39 is 0 Å². The second kappa shape index (κ2) is 5.44. The van der Waals surface area contributed by atoms with E-state index in [1.807, 2.05) is 12.4 Å². The van der Waals surface area contributed by atoms with E-state index in [4.69, 9.17) is 0 Å². The second-order valence-corrected chi connectivity index (χ2v) is 5.02. The van der Waals surface area contributed by atoms with Crippen LogP contribution in [0.1, 0.15) is 38.7 Å². The molecule has 2 rings (SSSR count). The Bertz CT molecular complexity index is 310. The van der Waals surface area contributed by atoms with Gasteiger partial charge in [-0.05, 0) is 49.8 Å². The molecule has 16 heavy (non-hydrogen) atoms. The molecule has 1 saturated carbocycles. The van der Waals surface area contributed by atoms with E-state index >= 15 is 0 Å². The molecule has 1 aromatic heterocycles. The summed E-state index contributed by atoms with van der Waals surface area (Å²) in [6.45, 7) is 4.55. The van der Waals surface area contributed by atoms with Gasteiger partial charge in [0.25, 0.3) is 0 Å². The number of nitrogens with zero attached hydrogens (tertiary/aromatic N) is 1. The minimum Gasteiger partial charge on any atom is -0.311 e. The lowest BCUT2D eigenvalue weighted by atomic mass is 10.1. The van der Waals surface area contributed by atoms with Gasteiger partial charge in [0.1, 0.15) is 0 Å². The molecule has 1 fully saturated rings. The molecular weight excluding hydrogens is 196 g/mol. The van der Waals surface area contributed by atoms with E-state index in [9.17, 15) is 0 Å². The van der Waals surface area contributed by atoms with E-state index in [2.05, 4.69) is 36.3 Å². The number of rotatable bonds is 6. The van der Waals surface area contributed by atoms with Crippen LogP contribution in [-0.4, -0.2) is 17.1 Å². The fourth-order valence-corrected chi connectivity index (χ4v) is 2.44. The zero-order valence-corrected chi connectivity index (χ0v) is 10.3. The third-order valence-electron chi connectivity index (χ3n) is 3.37. The Labute approximate surface area is 98.5 Å². The summed E-state index contributed by atoms with van der Waals surface area (Å²) in [5.41, 5.74) is 1.38. The van der Waals surface area contributed by atoms with Gasteiger partial charge < -0.3 is 5.32 Å². The molecule has 0 radical (unpaired) electrons. The molecule has 1 N–H and O–H groups in total. The fraction of sp³-hybridized carbons (Fsp3) is 0.643. The van der Waals surface area contributed by atoms with Crippen LogP contribution in [0.4, 0.5) is 0 Å². The standard InChI is InChI=1S/C14H22N2/c1-3-4-13-10-14(13)16-11(2)9-12-5-7-15-8-6-12/h5-8,11,13-14,16H,3-4,9-10H2,1-2H3. The van der Waals surface area contributed by atoms with Gasteiger partial charge in [0.2, 0.25) is 0 Å². The molecule has 0 bridgehead atoms. The summed E-state index contributed by atoms with van der Waals surface area (Å²) < 4.78 is 0.